The molecule has 2 aromatic heterocycles. The Morgan fingerprint density at radius 2 is 1.93 bits per heavy atom. The Balaban J connectivity index is 1.76. The highest BCUT2D eigenvalue weighted by atomic mass is 16.5. The van der Waals surface area contributed by atoms with E-state index >= 15 is 0 Å². The van der Waals surface area contributed by atoms with E-state index in [9.17, 15) is 9.59 Å². The van der Waals surface area contributed by atoms with Crippen LogP contribution in [0.5, 0.6) is 0 Å². The van der Waals surface area contributed by atoms with Crippen molar-refractivity contribution in [1.29, 1.82) is 0 Å². The first-order chi connectivity index (χ1) is 13.0. The van der Waals surface area contributed by atoms with Crippen LogP contribution in [0.1, 0.15) is 44.8 Å². The molecule has 0 saturated carbocycles. The molecule has 0 aliphatic heterocycles. The zero-order valence-electron chi connectivity index (χ0n) is 15.5. The lowest BCUT2D eigenvalue weighted by Gasteiger charge is -2.07. The topological polar surface area (TPSA) is 86.4 Å². The maximum absolute atomic E-state index is 12.2. The smallest absolute Gasteiger partial charge is 0.341 e. The number of ether oxygens (including phenoxy) is 1. The normalized spacial score (nSPS) is 10.6. The van der Waals surface area contributed by atoms with Crippen molar-refractivity contribution in [3.63, 3.8) is 0 Å². The molecule has 0 atom stereocenters. The molecule has 7 heteroatoms. The molecule has 1 amide bonds. The maximum atomic E-state index is 12.2. The van der Waals surface area contributed by atoms with E-state index in [0.717, 1.165) is 5.69 Å². The van der Waals surface area contributed by atoms with Gasteiger partial charge in [0.25, 0.3) is 5.91 Å². The van der Waals surface area contributed by atoms with E-state index in [0.29, 0.717) is 41.4 Å². The minimum atomic E-state index is -0.382. The number of rotatable bonds is 6. The number of esters is 1. The number of nitrogens with one attached hydrogen (secondary N) is 1. The van der Waals surface area contributed by atoms with Crippen molar-refractivity contribution in [2.24, 2.45) is 0 Å². The molecule has 0 saturated heterocycles. The molecule has 0 bridgehead atoms. The van der Waals surface area contributed by atoms with Gasteiger partial charge in [-0.25, -0.2) is 9.48 Å². The van der Waals surface area contributed by atoms with Crippen LogP contribution in [0.25, 0.3) is 5.69 Å². The summed E-state index contributed by atoms with van der Waals surface area (Å²) >= 11 is 0. The Hall–Kier alpha value is -3.35. The predicted molar refractivity (Wildman–Crippen MR) is 98.9 cm³/mol. The average molecular weight is 367 g/mol. The first-order valence-corrected chi connectivity index (χ1v) is 8.65. The van der Waals surface area contributed by atoms with Gasteiger partial charge in [0, 0.05) is 5.56 Å². The summed E-state index contributed by atoms with van der Waals surface area (Å²) in [5.74, 6) is 0.111. The lowest BCUT2D eigenvalue weighted by atomic mass is 10.1. The van der Waals surface area contributed by atoms with E-state index < -0.39 is 0 Å². The molecule has 3 rings (SSSR count). The van der Waals surface area contributed by atoms with Crippen LogP contribution < -0.4 is 5.32 Å². The molecule has 3 aromatic rings. The summed E-state index contributed by atoms with van der Waals surface area (Å²) in [6.45, 7) is 5.99. The number of carbonyl (C=O) groups is 2. The van der Waals surface area contributed by atoms with Crippen LogP contribution in [0.4, 0.5) is 0 Å². The van der Waals surface area contributed by atoms with E-state index in [1.165, 1.54) is 0 Å². The average Bonchev–Trinajstić information content (AvgIpc) is 3.28. The van der Waals surface area contributed by atoms with E-state index in [-0.39, 0.29) is 11.9 Å². The fourth-order valence-electron chi connectivity index (χ4n) is 2.83. The van der Waals surface area contributed by atoms with Crippen LogP contribution in [0, 0.1) is 13.8 Å². The number of aromatic nitrogens is 2. The Kier molecular flexibility index (Phi) is 5.40. The number of hydrogen-bond acceptors (Lipinski definition) is 5. The minimum absolute atomic E-state index is 0.196. The number of carbonyl (C=O) groups excluding carboxylic acids is 2. The molecule has 1 aromatic carbocycles. The highest BCUT2D eigenvalue weighted by molar-refractivity contribution is 5.94. The second-order valence-corrected chi connectivity index (χ2v) is 5.99. The van der Waals surface area contributed by atoms with Crippen LogP contribution in [0.3, 0.4) is 0 Å². The van der Waals surface area contributed by atoms with Gasteiger partial charge >= 0.3 is 5.97 Å². The minimum Gasteiger partial charge on any atom is -0.467 e. The molecule has 0 fully saturated rings. The third kappa shape index (κ3) is 3.92. The summed E-state index contributed by atoms with van der Waals surface area (Å²) < 4.78 is 12.0. The highest BCUT2D eigenvalue weighted by Crippen LogP contribution is 2.19. The molecule has 140 valence electrons. The third-order valence-corrected chi connectivity index (χ3v) is 4.15. The third-order valence-electron chi connectivity index (χ3n) is 4.15. The lowest BCUT2D eigenvalue weighted by molar-refractivity contribution is 0.0524. The van der Waals surface area contributed by atoms with Gasteiger partial charge < -0.3 is 14.5 Å². The quantitative estimate of drug-likeness (QED) is 0.676. The van der Waals surface area contributed by atoms with Crippen LogP contribution in [0.2, 0.25) is 0 Å². The van der Waals surface area contributed by atoms with Crippen molar-refractivity contribution >= 4 is 11.9 Å². The van der Waals surface area contributed by atoms with Gasteiger partial charge in [-0.15, -0.1) is 0 Å². The SMILES string of the molecule is CCOC(=O)c1c(C)nn(-c2ccc(C(=O)NCc3ccco3)cc2)c1C. The number of furan rings is 1. The fourth-order valence-corrected chi connectivity index (χ4v) is 2.83. The van der Waals surface area contributed by atoms with Gasteiger partial charge in [-0.2, -0.15) is 5.10 Å². The van der Waals surface area contributed by atoms with Gasteiger partial charge in [-0.3, -0.25) is 4.79 Å². The van der Waals surface area contributed by atoms with Crippen LogP contribution in [-0.4, -0.2) is 28.3 Å². The van der Waals surface area contributed by atoms with E-state index in [4.69, 9.17) is 9.15 Å². The van der Waals surface area contributed by atoms with Gasteiger partial charge in [0.2, 0.25) is 0 Å². The molecule has 0 unspecified atom stereocenters. The Morgan fingerprint density at radius 3 is 2.56 bits per heavy atom. The number of aryl methyl sites for hydroxylation is 1. The molecular formula is C20H21N3O4. The summed E-state index contributed by atoms with van der Waals surface area (Å²) in [5, 5.41) is 7.23. The molecule has 7 nitrogen and oxygen atoms in total. The molecular weight excluding hydrogens is 346 g/mol. The second-order valence-electron chi connectivity index (χ2n) is 5.99. The fraction of sp³-hybridized carbons (Fsp3) is 0.250. The van der Waals surface area contributed by atoms with Crippen molar-refractivity contribution in [2.75, 3.05) is 6.61 Å². The van der Waals surface area contributed by atoms with Crippen molar-refractivity contribution in [3.05, 3.63) is 70.9 Å². The Morgan fingerprint density at radius 1 is 1.19 bits per heavy atom. The summed E-state index contributed by atoms with van der Waals surface area (Å²) in [4.78, 5) is 24.3. The van der Waals surface area contributed by atoms with Gasteiger partial charge in [0.05, 0.1) is 36.5 Å². The van der Waals surface area contributed by atoms with E-state index in [2.05, 4.69) is 10.4 Å². The van der Waals surface area contributed by atoms with Crippen LogP contribution in [-0.2, 0) is 11.3 Å². The van der Waals surface area contributed by atoms with Gasteiger partial charge in [0.15, 0.2) is 0 Å². The van der Waals surface area contributed by atoms with Gasteiger partial charge in [-0.1, -0.05) is 0 Å². The Labute approximate surface area is 156 Å². The number of hydrogen-bond donors (Lipinski definition) is 1. The first-order valence-electron chi connectivity index (χ1n) is 8.65. The number of nitrogens with zero attached hydrogens (tertiary/aromatic N) is 2. The predicted octanol–water partition coefficient (Wildman–Crippen LogP) is 3.19. The molecule has 0 aliphatic rings. The largest absolute Gasteiger partial charge is 0.467 e. The van der Waals surface area contributed by atoms with E-state index in [1.54, 1.807) is 61.2 Å². The lowest BCUT2D eigenvalue weighted by Crippen LogP contribution is -2.22. The maximum Gasteiger partial charge on any atom is 0.341 e. The standard InChI is InChI=1S/C20H21N3O4/c1-4-26-20(25)18-13(2)22-23(14(18)3)16-9-7-15(8-10-16)19(24)21-12-17-6-5-11-27-17/h5-11H,4,12H2,1-3H3,(H,21,24). The molecule has 0 radical (unpaired) electrons. The molecule has 27 heavy (non-hydrogen) atoms. The first kappa shape index (κ1) is 18.4. The van der Waals surface area contributed by atoms with Crippen molar-refractivity contribution < 1.29 is 18.7 Å². The monoisotopic (exact) mass is 367 g/mol. The van der Waals surface area contributed by atoms with Gasteiger partial charge in [0.1, 0.15) is 11.3 Å². The number of amides is 1. The van der Waals surface area contributed by atoms with Crippen molar-refractivity contribution in [3.8, 4) is 5.69 Å². The second kappa shape index (κ2) is 7.90. The summed E-state index contributed by atoms with van der Waals surface area (Å²) in [5.41, 5.74) is 3.05. The molecule has 0 aliphatic carbocycles. The number of benzene rings is 1. The zero-order valence-corrected chi connectivity index (χ0v) is 15.5. The van der Waals surface area contributed by atoms with Crippen LogP contribution in [0.15, 0.2) is 47.1 Å². The Bertz CT molecular complexity index is 941. The van der Waals surface area contributed by atoms with Gasteiger partial charge in [-0.05, 0) is 57.2 Å². The van der Waals surface area contributed by atoms with E-state index in [1.807, 2.05) is 6.92 Å². The molecule has 0 spiro atoms. The summed E-state index contributed by atoms with van der Waals surface area (Å²) in [7, 11) is 0. The highest BCUT2D eigenvalue weighted by Gasteiger charge is 2.20. The van der Waals surface area contributed by atoms with Crippen molar-refractivity contribution in [2.45, 2.75) is 27.3 Å². The van der Waals surface area contributed by atoms with Crippen molar-refractivity contribution in [1.82, 2.24) is 15.1 Å². The zero-order chi connectivity index (χ0) is 19.4. The molecule has 2 heterocycles. The summed E-state index contributed by atoms with van der Waals surface area (Å²) in [6, 6.07) is 10.6. The summed E-state index contributed by atoms with van der Waals surface area (Å²) in [6.07, 6.45) is 1.56. The molecule has 1 N–H and O–H groups in total. The van der Waals surface area contributed by atoms with Crippen LogP contribution >= 0.6 is 0 Å².